The smallest absolute Gasteiger partial charge is 0.341 e. The minimum absolute atomic E-state index is 0.00202. The summed E-state index contributed by atoms with van der Waals surface area (Å²) in [5.74, 6) is -1.65. The van der Waals surface area contributed by atoms with Crippen LogP contribution in [0.1, 0.15) is 12.8 Å². The van der Waals surface area contributed by atoms with E-state index in [1.165, 1.54) is 29.6 Å². The average Bonchev–Trinajstić information content (AvgIpc) is 2.59. The number of carbonyl (C=O) groups excluding carboxylic acids is 1. The summed E-state index contributed by atoms with van der Waals surface area (Å²) in [6.45, 7) is -0.145. The number of hydrogen-bond donors (Lipinski definition) is 2. The zero-order valence-electron chi connectivity index (χ0n) is 13.6. The Morgan fingerprint density at radius 2 is 2.16 bits per heavy atom. The molecule has 25 heavy (non-hydrogen) atoms. The van der Waals surface area contributed by atoms with Crippen LogP contribution in [0.25, 0.3) is 0 Å². The quantitative estimate of drug-likeness (QED) is 0.747. The van der Waals surface area contributed by atoms with Crippen LogP contribution in [-0.2, 0) is 19.6 Å². The van der Waals surface area contributed by atoms with E-state index < -0.39 is 22.6 Å². The third kappa shape index (κ3) is 4.62. The van der Waals surface area contributed by atoms with Gasteiger partial charge in [0.15, 0.2) is 6.61 Å². The Bertz CT molecular complexity index is 767. The number of amides is 1. The van der Waals surface area contributed by atoms with Crippen LogP contribution >= 0.6 is 11.6 Å². The molecule has 0 aromatic heterocycles. The molecular formula is C15H19ClN2O6S. The average molecular weight is 391 g/mol. The fourth-order valence-electron chi connectivity index (χ4n) is 2.63. The molecule has 2 rings (SSSR count). The van der Waals surface area contributed by atoms with E-state index in [0.29, 0.717) is 19.4 Å². The van der Waals surface area contributed by atoms with Crippen molar-refractivity contribution in [2.75, 3.05) is 26.7 Å². The van der Waals surface area contributed by atoms with E-state index in [1.54, 1.807) is 0 Å². The lowest BCUT2D eigenvalue weighted by molar-refractivity contribution is -0.139. The maximum absolute atomic E-state index is 12.8. The number of nitrogens with one attached hydrogen (secondary N) is 1. The Kier molecular flexibility index (Phi) is 6.26. The van der Waals surface area contributed by atoms with Crippen LogP contribution in [0.4, 0.5) is 0 Å². The lowest BCUT2D eigenvalue weighted by atomic mass is 9.99. The first-order valence-corrected chi connectivity index (χ1v) is 9.43. The molecule has 1 amide bonds. The van der Waals surface area contributed by atoms with Gasteiger partial charge in [-0.1, -0.05) is 11.6 Å². The molecule has 10 heteroatoms. The van der Waals surface area contributed by atoms with E-state index in [4.69, 9.17) is 21.4 Å². The molecule has 1 fully saturated rings. The normalized spacial score (nSPS) is 18.6. The lowest BCUT2D eigenvalue weighted by Crippen LogP contribution is -2.44. The van der Waals surface area contributed by atoms with Gasteiger partial charge in [-0.2, -0.15) is 4.31 Å². The number of aliphatic carboxylic acids is 1. The number of rotatable bonds is 6. The van der Waals surface area contributed by atoms with Gasteiger partial charge in [0.2, 0.25) is 15.9 Å². The highest BCUT2D eigenvalue weighted by molar-refractivity contribution is 7.89. The first-order chi connectivity index (χ1) is 11.8. The van der Waals surface area contributed by atoms with Crippen molar-refractivity contribution in [1.82, 2.24) is 9.62 Å². The van der Waals surface area contributed by atoms with Crippen LogP contribution in [0.15, 0.2) is 23.1 Å². The summed E-state index contributed by atoms with van der Waals surface area (Å²) in [5.41, 5.74) is 0. The van der Waals surface area contributed by atoms with Crippen molar-refractivity contribution in [2.24, 2.45) is 5.92 Å². The number of ether oxygens (including phenoxy) is 1. The van der Waals surface area contributed by atoms with Crippen molar-refractivity contribution >= 4 is 33.5 Å². The summed E-state index contributed by atoms with van der Waals surface area (Å²) < 4.78 is 31.8. The van der Waals surface area contributed by atoms with Crippen molar-refractivity contribution in [1.29, 1.82) is 0 Å². The van der Waals surface area contributed by atoms with E-state index in [2.05, 4.69) is 5.32 Å². The molecule has 1 saturated heterocycles. The second kappa shape index (κ2) is 8.03. The number of sulfonamides is 1. The Morgan fingerprint density at radius 3 is 2.76 bits per heavy atom. The molecule has 8 nitrogen and oxygen atoms in total. The molecule has 2 N–H and O–H groups in total. The Balaban J connectivity index is 2.20. The first kappa shape index (κ1) is 19.5. The number of carboxylic acid groups (broad SMARTS) is 1. The van der Waals surface area contributed by atoms with Gasteiger partial charge in [-0.05, 0) is 31.0 Å². The van der Waals surface area contributed by atoms with Crippen molar-refractivity contribution < 1.29 is 27.9 Å². The van der Waals surface area contributed by atoms with Gasteiger partial charge < -0.3 is 15.2 Å². The van der Waals surface area contributed by atoms with Gasteiger partial charge >= 0.3 is 5.97 Å². The van der Waals surface area contributed by atoms with E-state index in [1.807, 2.05) is 0 Å². The Morgan fingerprint density at radius 1 is 1.44 bits per heavy atom. The molecule has 0 radical (unpaired) electrons. The summed E-state index contributed by atoms with van der Waals surface area (Å²) in [4.78, 5) is 22.3. The lowest BCUT2D eigenvalue weighted by Gasteiger charge is -2.31. The predicted molar refractivity (Wildman–Crippen MR) is 90.1 cm³/mol. The van der Waals surface area contributed by atoms with Crippen LogP contribution in [0.2, 0.25) is 5.02 Å². The molecule has 1 heterocycles. The molecule has 1 aromatic rings. The van der Waals surface area contributed by atoms with Crippen molar-refractivity contribution in [3.8, 4) is 5.75 Å². The standard InChI is InChI=1S/C15H19ClN2O6S/c1-17-15(21)10-3-2-6-18(8-10)25(22,23)11-4-5-13(12(16)7-11)24-9-14(19)20/h4-5,7,10H,2-3,6,8-9H2,1H3,(H,17,21)(H,19,20). The van der Waals surface area contributed by atoms with Crippen LogP contribution in [-0.4, -0.2) is 56.5 Å². The van der Waals surface area contributed by atoms with E-state index >= 15 is 0 Å². The van der Waals surface area contributed by atoms with Gasteiger partial charge in [-0.25, -0.2) is 13.2 Å². The molecule has 1 unspecified atom stereocenters. The van der Waals surface area contributed by atoms with Gasteiger partial charge in [0.05, 0.1) is 15.8 Å². The van der Waals surface area contributed by atoms with Crippen molar-refractivity contribution in [3.63, 3.8) is 0 Å². The monoisotopic (exact) mass is 390 g/mol. The third-order valence-corrected chi connectivity index (χ3v) is 6.05. The largest absolute Gasteiger partial charge is 0.480 e. The van der Waals surface area contributed by atoms with E-state index in [9.17, 15) is 18.0 Å². The number of hydrogen-bond acceptors (Lipinski definition) is 5. The zero-order chi connectivity index (χ0) is 18.6. The van der Waals surface area contributed by atoms with Gasteiger partial charge in [0, 0.05) is 20.1 Å². The first-order valence-electron chi connectivity index (χ1n) is 7.61. The van der Waals surface area contributed by atoms with Crippen LogP contribution in [0, 0.1) is 5.92 Å². The molecule has 0 aliphatic carbocycles. The third-order valence-electron chi connectivity index (χ3n) is 3.89. The van der Waals surface area contributed by atoms with Crippen LogP contribution in [0.3, 0.4) is 0 Å². The topological polar surface area (TPSA) is 113 Å². The summed E-state index contributed by atoms with van der Waals surface area (Å²) in [7, 11) is -2.29. The number of carbonyl (C=O) groups is 2. The van der Waals surface area contributed by atoms with E-state index in [-0.39, 0.29) is 34.0 Å². The summed E-state index contributed by atoms with van der Waals surface area (Å²) in [6.07, 6.45) is 1.22. The molecule has 1 aliphatic heterocycles. The number of halogens is 1. The summed E-state index contributed by atoms with van der Waals surface area (Å²) in [5, 5.41) is 11.1. The zero-order valence-corrected chi connectivity index (χ0v) is 15.1. The molecule has 0 saturated carbocycles. The molecule has 0 bridgehead atoms. The number of piperidine rings is 1. The highest BCUT2D eigenvalue weighted by atomic mass is 35.5. The predicted octanol–water partition coefficient (Wildman–Crippen LogP) is 0.950. The second-order valence-electron chi connectivity index (χ2n) is 5.59. The van der Waals surface area contributed by atoms with Gasteiger partial charge in [-0.3, -0.25) is 4.79 Å². The fraction of sp³-hybridized carbons (Fsp3) is 0.467. The molecular weight excluding hydrogens is 372 g/mol. The highest BCUT2D eigenvalue weighted by Crippen LogP contribution is 2.30. The maximum atomic E-state index is 12.8. The van der Waals surface area contributed by atoms with Crippen LogP contribution in [0.5, 0.6) is 5.75 Å². The second-order valence-corrected chi connectivity index (χ2v) is 7.94. The van der Waals surface area contributed by atoms with E-state index in [0.717, 1.165) is 0 Å². The highest BCUT2D eigenvalue weighted by Gasteiger charge is 2.33. The number of nitrogens with zero attached hydrogens (tertiary/aromatic N) is 1. The summed E-state index contributed by atoms with van der Waals surface area (Å²) in [6, 6.07) is 3.85. The summed E-state index contributed by atoms with van der Waals surface area (Å²) >= 11 is 5.99. The van der Waals surface area contributed by atoms with Crippen LogP contribution < -0.4 is 10.1 Å². The minimum Gasteiger partial charge on any atom is -0.480 e. The molecule has 138 valence electrons. The molecule has 1 aliphatic rings. The fourth-order valence-corrected chi connectivity index (χ4v) is 4.48. The van der Waals surface area contributed by atoms with Crippen molar-refractivity contribution in [3.05, 3.63) is 23.2 Å². The molecule has 1 aromatic carbocycles. The Hall–Kier alpha value is -1.84. The van der Waals surface area contributed by atoms with Gasteiger partial charge in [0.25, 0.3) is 0 Å². The van der Waals surface area contributed by atoms with Crippen molar-refractivity contribution in [2.45, 2.75) is 17.7 Å². The maximum Gasteiger partial charge on any atom is 0.341 e. The number of carboxylic acids is 1. The minimum atomic E-state index is -3.81. The Labute approximate surface area is 150 Å². The van der Waals surface area contributed by atoms with Gasteiger partial charge in [-0.15, -0.1) is 0 Å². The SMILES string of the molecule is CNC(=O)C1CCCN(S(=O)(=O)c2ccc(OCC(=O)O)c(Cl)c2)C1. The molecule has 1 atom stereocenters. The number of benzene rings is 1. The van der Waals surface area contributed by atoms with Gasteiger partial charge in [0.1, 0.15) is 5.75 Å². The molecule has 0 spiro atoms.